The molecule has 3 rings (SSSR count). The van der Waals surface area contributed by atoms with Crippen LogP contribution in [0.2, 0.25) is 0 Å². The van der Waals surface area contributed by atoms with Crippen molar-refractivity contribution >= 4 is 11.9 Å². The highest BCUT2D eigenvalue weighted by molar-refractivity contribution is 6.08. The van der Waals surface area contributed by atoms with Crippen molar-refractivity contribution < 1.29 is 18.7 Å². The number of epoxide rings is 1. The van der Waals surface area contributed by atoms with Crippen molar-refractivity contribution in [1.82, 2.24) is 0 Å². The number of carbonyl (C=O) groups is 1. The van der Waals surface area contributed by atoms with E-state index in [2.05, 4.69) is 0 Å². The molecule has 0 saturated carbocycles. The lowest BCUT2D eigenvalue weighted by molar-refractivity contribution is 0.104. The van der Waals surface area contributed by atoms with E-state index in [9.17, 15) is 4.79 Å². The lowest BCUT2D eigenvalue weighted by Crippen LogP contribution is -2.07. The van der Waals surface area contributed by atoms with Gasteiger partial charge in [-0.1, -0.05) is 12.1 Å². The molecule has 1 saturated heterocycles. The summed E-state index contributed by atoms with van der Waals surface area (Å²) >= 11 is 0. The Labute approximate surface area is 116 Å². The Kier molecular flexibility index (Phi) is 3.65. The summed E-state index contributed by atoms with van der Waals surface area (Å²) in [4.78, 5) is 12.2. The van der Waals surface area contributed by atoms with Gasteiger partial charge < -0.3 is 13.9 Å². The fourth-order valence-electron chi connectivity index (χ4n) is 1.78. The molecule has 102 valence electrons. The second kappa shape index (κ2) is 5.75. The summed E-state index contributed by atoms with van der Waals surface area (Å²) in [5, 5.41) is 0. The van der Waals surface area contributed by atoms with Crippen LogP contribution in [-0.2, 0) is 4.74 Å². The molecular weight excluding hydrogens is 256 g/mol. The van der Waals surface area contributed by atoms with Crippen LogP contribution < -0.4 is 4.74 Å². The van der Waals surface area contributed by atoms with Crippen molar-refractivity contribution in [2.24, 2.45) is 0 Å². The molecule has 2 heterocycles. The predicted molar refractivity (Wildman–Crippen MR) is 73.7 cm³/mol. The van der Waals surface area contributed by atoms with E-state index in [1.54, 1.807) is 36.6 Å². The maximum atomic E-state index is 12.2. The molecule has 0 N–H and O–H groups in total. The summed E-state index contributed by atoms with van der Waals surface area (Å²) in [7, 11) is 0. The van der Waals surface area contributed by atoms with Gasteiger partial charge in [-0.05, 0) is 36.4 Å². The van der Waals surface area contributed by atoms with E-state index in [-0.39, 0.29) is 11.9 Å². The van der Waals surface area contributed by atoms with Gasteiger partial charge >= 0.3 is 0 Å². The normalized spacial score (nSPS) is 17.3. The van der Waals surface area contributed by atoms with Crippen molar-refractivity contribution in [2.75, 3.05) is 13.2 Å². The van der Waals surface area contributed by atoms with Crippen molar-refractivity contribution in [3.05, 3.63) is 60.1 Å². The number of rotatable bonds is 6. The molecule has 2 aromatic rings. The molecule has 1 atom stereocenters. The zero-order chi connectivity index (χ0) is 13.8. The highest BCUT2D eigenvalue weighted by Crippen LogP contribution is 2.21. The molecule has 4 nitrogen and oxygen atoms in total. The maximum absolute atomic E-state index is 12.2. The number of ether oxygens (including phenoxy) is 2. The third-order valence-corrected chi connectivity index (χ3v) is 2.92. The van der Waals surface area contributed by atoms with Gasteiger partial charge in [-0.3, -0.25) is 4.79 Å². The summed E-state index contributed by atoms with van der Waals surface area (Å²) in [6.07, 6.45) is 4.85. The highest BCUT2D eigenvalue weighted by atomic mass is 16.6. The monoisotopic (exact) mass is 270 g/mol. The standard InChI is InChI=1S/C16H14O4/c17-15(8-7-12-4-3-9-18-12)14-5-1-2-6-16(14)20-11-13-10-19-13/h1-9,13H,10-11H2. The van der Waals surface area contributed by atoms with Gasteiger partial charge in [0, 0.05) is 0 Å². The number of allylic oxidation sites excluding steroid dienone is 1. The highest BCUT2D eigenvalue weighted by Gasteiger charge is 2.23. The van der Waals surface area contributed by atoms with E-state index in [4.69, 9.17) is 13.9 Å². The lowest BCUT2D eigenvalue weighted by Gasteiger charge is -2.07. The minimum atomic E-state index is -0.117. The molecule has 20 heavy (non-hydrogen) atoms. The fraction of sp³-hybridized carbons (Fsp3) is 0.188. The van der Waals surface area contributed by atoms with E-state index < -0.39 is 0 Å². The lowest BCUT2D eigenvalue weighted by atomic mass is 10.1. The second-order valence-electron chi connectivity index (χ2n) is 4.48. The van der Waals surface area contributed by atoms with Gasteiger partial charge in [-0.25, -0.2) is 0 Å². The Hall–Kier alpha value is -2.33. The van der Waals surface area contributed by atoms with Crippen LogP contribution in [0.4, 0.5) is 0 Å². The first-order chi connectivity index (χ1) is 9.83. The van der Waals surface area contributed by atoms with Gasteiger partial charge in [-0.15, -0.1) is 0 Å². The molecule has 0 bridgehead atoms. The van der Waals surface area contributed by atoms with Crippen molar-refractivity contribution in [3.63, 3.8) is 0 Å². The summed E-state index contributed by atoms with van der Waals surface area (Å²) in [5.41, 5.74) is 0.538. The van der Waals surface area contributed by atoms with E-state index in [0.29, 0.717) is 23.7 Å². The SMILES string of the molecule is O=C(C=Cc1ccco1)c1ccccc1OCC1CO1. The van der Waals surface area contributed by atoms with E-state index in [1.807, 2.05) is 12.1 Å². The Morgan fingerprint density at radius 1 is 1.30 bits per heavy atom. The van der Waals surface area contributed by atoms with Crippen molar-refractivity contribution in [2.45, 2.75) is 6.10 Å². The van der Waals surface area contributed by atoms with E-state index in [0.717, 1.165) is 6.61 Å². The van der Waals surface area contributed by atoms with Crippen LogP contribution in [0.5, 0.6) is 5.75 Å². The molecule has 0 amide bonds. The van der Waals surface area contributed by atoms with Gasteiger partial charge in [0.2, 0.25) is 0 Å². The molecule has 1 unspecified atom stereocenters. The van der Waals surface area contributed by atoms with Crippen LogP contribution in [0.1, 0.15) is 16.1 Å². The predicted octanol–water partition coefficient (Wildman–Crippen LogP) is 2.95. The first-order valence-electron chi connectivity index (χ1n) is 6.42. The first kappa shape index (κ1) is 12.7. The Morgan fingerprint density at radius 3 is 2.90 bits per heavy atom. The smallest absolute Gasteiger partial charge is 0.189 e. The minimum Gasteiger partial charge on any atom is -0.490 e. The molecule has 0 aliphatic carbocycles. The van der Waals surface area contributed by atoms with Crippen LogP contribution in [-0.4, -0.2) is 25.1 Å². The van der Waals surface area contributed by atoms with Gasteiger partial charge in [-0.2, -0.15) is 0 Å². The average Bonchev–Trinajstić information content (AvgIpc) is 3.17. The summed E-state index contributed by atoms with van der Waals surface area (Å²) in [6, 6.07) is 10.8. The largest absolute Gasteiger partial charge is 0.490 e. The van der Waals surface area contributed by atoms with Gasteiger partial charge in [0.25, 0.3) is 0 Å². The number of ketones is 1. The first-order valence-corrected chi connectivity index (χ1v) is 6.42. The molecule has 0 spiro atoms. The Bertz CT molecular complexity index is 609. The molecule has 0 radical (unpaired) electrons. The van der Waals surface area contributed by atoms with Crippen LogP contribution in [0.25, 0.3) is 6.08 Å². The third kappa shape index (κ3) is 3.16. The average molecular weight is 270 g/mol. The number of hydrogen-bond donors (Lipinski definition) is 0. The summed E-state index contributed by atoms with van der Waals surface area (Å²) in [5.74, 6) is 1.11. The molecule has 1 aliphatic heterocycles. The van der Waals surface area contributed by atoms with Crippen LogP contribution >= 0.6 is 0 Å². The number of para-hydroxylation sites is 1. The number of carbonyl (C=O) groups excluding carboxylic acids is 1. The quantitative estimate of drug-likeness (QED) is 0.460. The molecule has 1 fully saturated rings. The zero-order valence-electron chi connectivity index (χ0n) is 10.8. The van der Waals surface area contributed by atoms with Crippen molar-refractivity contribution in [3.8, 4) is 5.75 Å². The second-order valence-corrected chi connectivity index (χ2v) is 4.48. The molecule has 1 aliphatic rings. The van der Waals surface area contributed by atoms with E-state index in [1.165, 1.54) is 6.08 Å². The Balaban J connectivity index is 1.72. The number of benzene rings is 1. The Morgan fingerprint density at radius 2 is 2.15 bits per heavy atom. The topological polar surface area (TPSA) is 52.0 Å². The molecule has 1 aromatic carbocycles. The van der Waals surface area contributed by atoms with Crippen LogP contribution in [0.15, 0.2) is 53.2 Å². The third-order valence-electron chi connectivity index (χ3n) is 2.92. The maximum Gasteiger partial charge on any atom is 0.189 e. The van der Waals surface area contributed by atoms with Crippen LogP contribution in [0, 0.1) is 0 Å². The summed E-state index contributed by atoms with van der Waals surface area (Å²) in [6.45, 7) is 1.21. The molecular formula is C16H14O4. The van der Waals surface area contributed by atoms with Gasteiger partial charge in [0.15, 0.2) is 5.78 Å². The van der Waals surface area contributed by atoms with Crippen LogP contribution in [0.3, 0.4) is 0 Å². The minimum absolute atomic E-state index is 0.117. The van der Waals surface area contributed by atoms with Crippen molar-refractivity contribution in [1.29, 1.82) is 0 Å². The fourth-order valence-corrected chi connectivity index (χ4v) is 1.78. The number of hydrogen-bond acceptors (Lipinski definition) is 4. The molecule has 4 heteroatoms. The van der Waals surface area contributed by atoms with Gasteiger partial charge in [0.1, 0.15) is 24.2 Å². The number of furan rings is 1. The zero-order valence-corrected chi connectivity index (χ0v) is 10.8. The van der Waals surface area contributed by atoms with E-state index >= 15 is 0 Å². The van der Waals surface area contributed by atoms with Gasteiger partial charge in [0.05, 0.1) is 18.4 Å². The summed E-state index contributed by atoms with van der Waals surface area (Å²) < 4.78 is 15.9. The molecule has 1 aromatic heterocycles.